The minimum atomic E-state index is -0.675. The molecule has 7 heteroatoms. The van der Waals surface area contributed by atoms with Crippen LogP contribution in [0, 0.1) is 6.92 Å². The number of rotatable bonds is 3. The molecule has 2 aromatic rings. The zero-order valence-corrected chi connectivity index (χ0v) is 15.0. The van der Waals surface area contributed by atoms with Crippen molar-refractivity contribution in [3.05, 3.63) is 48.0 Å². The highest BCUT2D eigenvalue weighted by atomic mass is 16.2. The van der Waals surface area contributed by atoms with Crippen molar-refractivity contribution in [2.75, 3.05) is 26.2 Å². The predicted octanol–water partition coefficient (Wildman–Crippen LogP) is 1.45. The average molecular weight is 353 g/mol. The summed E-state index contributed by atoms with van der Waals surface area (Å²) in [4.78, 5) is 33.8. The van der Waals surface area contributed by atoms with E-state index in [-0.39, 0.29) is 11.8 Å². The Morgan fingerprint density at radius 2 is 1.85 bits per heavy atom. The Balaban J connectivity index is 1.54. The number of carbonyl (C=O) groups is 2. The van der Waals surface area contributed by atoms with Crippen molar-refractivity contribution in [1.29, 1.82) is 0 Å². The molecule has 2 aromatic heterocycles. The van der Waals surface area contributed by atoms with Crippen LogP contribution in [0.1, 0.15) is 35.2 Å². The highest BCUT2D eigenvalue weighted by Crippen LogP contribution is 2.33. The summed E-state index contributed by atoms with van der Waals surface area (Å²) in [6.45, 7) is 4.63. The van der Waals surface area contributed by atoms with Gasteiger partial charge < -0.3 is 9.80 Å². The van der Waals surface area contributed by atoms with Crippen molar-refractivity contribution >= 4 is 11.8 Å². The number of piperidine rings is 1. The summed E-state index contributed by atoms with van der Waals surface area (Å²) in [5.41, 5.74) is 0.892. The summed E-state index contributed by atoms with van der Waals surface area (Å²) < 4.78 is 1.80. The van der Waals surface area contributed by atoms with Crippen LogP contribution < -0.4 is 0 Å². The molecule has 26 heavy (non-hydrogen) atoms. The van der Waals surface area contributed by atoms with Crippen molar-refractivity contribution in [3.8, 4) is 0 Å². The van der Waals surface area contributed by atoms with Gasteiger partial charge in [0.15, 0.2) is 0 Å². The Morgan fingerprint density at radius 3 is 2.42 bits per heavy atom. The Bertz CT molecular complexity index is 805. The first kappa shape index (κ1) is 16.8. The Labute approximate surface area is 152 Å². The summed E-state index contributed by atoms with van der Waals surface area (Å²) >= 11 is 0. The van der Waals surface area contributed by atoms with Crippen molar-refractivity contribution in [1.82, 2.24) is 24.6 Å². The molecular weight excluding hydrogens is 330 g/mol. The number of aromatic nitrogens is 3. The second kappa shape index (κ2) is 6.55. The summed E-state index contributed by atoms with van der Waals surface area (Å²) in [6, 6.07) is 3.71. The van der Waals surface area contributed by atoms with E-state index in [1.807, 2.05) is 35.1 Å². The van der Waals surface area contributed by atoms with Gasteiger partial charge in [-0.3, -0.25) is 19.3 Å². The Kier molecular flexibility index (Phi) is 4.22. The van der Waals surface area contributed by atoms with Gasteiger partial charge in [-0.25, -0.2) is 0 Å². The van der Waals surface area contributed by atoms with Gasteiger partial charge in [-0.2, -0.15) is 5.10 Å². The number of hydrogen-bond acceptors (Lipinski definition) is 4. The fraction of sp³-hybridized carbons (Fsp3) is 0.474. The zero-order chi connectivity index (χ0) is 18.1. The van der Waals surface area contributed by atoms with Gasteiger partial charge in [0.25, 0.3) is 11.8 Å². The lowest BCUT2D eigenvalue weighted by Crippen LogP contribution is -2.59. The molecule has 0 radical (unpaired) electrons. The zero-order valence-electron chi connectivity index (χ0n) is 15.0. The van der Waals surface area contributed by atoms with Gasteiger partial charge in [-0.1, -0.05) is 0 Å². The van der Waals surface area contributed by atoms with Crippen LogP contribution in [0.2, 0.25) is 0 Å². The maximum atomic E-state index is 13.1. The molecule has 4 rings (SSSR count). The van der Waals surface area contributed by atoms with Crippen LogP contribution in [0.5, 0.6) is 0 Å². The second-order valence-electron chi connectivity index (χ2n) is 7.17. The molecule has 0 aromatic carbocycles. The molecule has 2 aliphatic rings. The molecule has 2 amide bonds. The van der Waals surface area contributed by atoms with E-state index >= 15 is 0 Å². The van der Waals surface area contributed by atoms with Gasteiger partial charge >= 0.3 is 0 Å². The fourth-order valence-corrected chi connectivity index (χ4v) is 3.81. The van der Waals surface area contributed by atoms with Crippen LogP contribution in [-0.4, -0.2) is 62.6 Å². The van der Waals surface area contributed by atoms with E-state index in [4.69, 9.17) is 0 Å². The number of aryl methyl sites for hydroxylation is 1. The number of hydrogen-bond donors (Lipinski definition) is 0. The van der Waals surface area contributed by atoms with Crippen molar-refractivity contribution in [3.63, 3.8) is 0 Å². The fourth-order valence-electron chi connectivity index (χ4n) is 3.81. The number of amides is 2. The first-order chi connectivity index (χ1) is 12.6. The van der Waals surface area contributed by atoms with Crippen LogP contribution in [0.3, 0.4) is 0 Å². The van der Waals surface area contributed by atoms with E-state index in [2.05, 4.69) is 10.1 Å². The molecule has 2 fully saturated rings. The van der Waals surface area contributed by atoms with Gasteiger partial charge in [0.05, 0.1) is 5.56 Å². The monoisotopic (exact) mass is 353 g/mol. The first-order valence-electron chi connectivity index (χ1n) is 9.11. The Hall–Kier alpha value is -2.70. The lowest BCUT2D eigenvalue weighted by Gasteiger charge is -2.45. The van der Waals surface area contributed by atoms with Crippen LogP contribution in [-0.2, 0) is 10.3 Å². The van der Waals surface area contributed by atoms with Crippen LogP contribution in [0.15, 0.2) is 36.9 Å². The number of likely N-dealkylation sites (tertiary alicyclic amines) is 2. The third-order valence-corrected chi connectivity index (χ3v) is 5.48. The number of nitrogens with zero attached hydrogens (tertiary/aromatic N) is 5. The van der Waals surface area contributed by atoms with Crippen molar-refractivity contribution in [2.45, 2.75) is 31.7 Å². The third kappa shape index (κ3) is 2.77. The normalized spacial score (nSPS) is 19.1. The summed E-state index contributed by atoms with van der Waals surface area (Å²) in [5, 5.41) is 4.37. The maximum Gasteiger partial charge on any atom is 0.255 e. The van der Waals surface area contributed by atoms with Crippen LogP contribution >= 0.6 is 0 Å². The number of carbonyl (C=O) groups excluding carboxylic acids is 2. The van der Waals surface area contributed by atoms with Gasteiger partial charge in [0, 0.05) is 51.0 Å². The SMILES string of the molecule is Cc1cncc(C(=O)N2CCC(C(=O)N3CCC3)(n3cccn3)CC2)c1. The smallest absolute Gasteiger partial charge is 0.255 e. The summed E-state index contributed by atoms with van der Waals surface area (Å²) in [7, 11) is 0. The van der Waals surface area contributed by atoms with E-state index in [9.17, 15) is 9.59 Å². The van der Waals surface area contributed by atoms with Gasteiger partial charge in [0.2, 0.25) is 0 Å². The molecule has 0 spiro atoms. The molecule has 7 nitrogen and oxygen atoms in total. The molecule has 0 unspecified atom stereocenters. The molecular formula is C19H23N5O2. The topological polar surface area (TPSA) is 71.3 Å². The lowest BCUT2D eigenvalue weighted by molar-refractivity contribution is -0.147. The second-order valence-corrected chi connectivity index (χ2v) is 7.17. The minimum Gasteiger partial charge on any atom is -0.340 e. The van der Waals surface area contributed by atoms with E-state index < -0.39 is 5.54 Å². The quantitative estimate of drug-likeness (QED) is 0.837. The average Bonchev–Trinajstić information content (AvgIpc) is 3.15. The van der Waals surface area contributed by atoms with Crippen molar-refractivity contribution in [2.24, 2.45) is 0 Å². The number of pyridine rings is 1. The van der Waals surface area contributed by atoms with Gasteiger partial charge in [-0.15, -0.1) is 0 Å². The summed E-state index contributed by atoms with van der Waals surface area (Å²) in [5.74, 6) is 0.114. The molecule has 0 N–H and O–H groups in total. The molecule has 4 heterocycles. The van der Waals surface area contributed by atoms with Crippen LogP contribution in [0.25, 0.3) is 0 Å². The highest BCUT2D eigenvalue weighted by Gasteiger charge is 2.47. The molecule has 2 aliphatic heterocycles. The summed E-state index contributed by atoms with van der Waals surface area (Å²) in [6.07, 6.45) is 9.13. The standard InChI is InChI=1S/C19H23N5O2/c1-15-12-16(14-20-13-15)17(25)22-10-4-19(5-11-22,24-9-2-6-21-24)18(26)23-7-3-8-23/h2,6,9,12-14H,3-5,7-8,10-11H2,1H3. The van der Waals surface area contributed by atoms with Gasteiger partial charge in [0.1, 0.15) is 5.54 Å². The maximum absolute atomic E-state index is 13.1. The predicted molar refractivity (Wildman–Crippen MR) is 95.5 cm³/mol. The molecule has 0 atom stereocenters. The van der Waals surface area contributed by atoms with Crippen molar-refractivity contribution < 1.29 is 9.59 Å². The van der Waals surface area contributed by atoms with E-state index in [1.54, 1.807) is 23.3 Å². The molecule has 0 bridgehead atoms. The van der Waals surface area contributed by atoms with Crippen LogP contribution in [0.4, 0.5) is 0 Å². The van der Waals surface area contributed by atoms with Gasteiger partial charge in [-0.05, 0) is 43.9 Å². The Morgan fingerprint density at radius 1 is 1.08 bits per heavy atom. The molecule has 2 saturated heterocycles. The van der Waals surface area contributed by atoms with E-state index in [1.165, 1.54) is 0 Å². The highest BCUT2D eigenvalue weighted by molar-refractivity contribution is 5.94. The first-order valence-corrected chi connectivity index (χ1v) is 9.11. The lowest BCUT2D eigenvalue weighted by atomic mass is 9.85. The minimum absolute atomic E-state index is 0.0216. The molecule has 136 valence electrons. The largest absolute Gasteiger partial charge is 0.340 e. The molecule has 0 saturated carbocycles. The van der Waals surface area contributed by atoms with E-state index in [0.717, 1.165) is 25.1 Å². The molecule has 0 aliphatic carbocycles. The van der Waals surface area contributed by atoms with E-state index in [0.29, 0.717) is 31.5 Å². The third-order valence-electron chi connectivity index (χ3n) is 5.48.